The molecule has 2 rings (SSSR count). The standard InChI is InChI=1S/C18H19N3O/c1-14-5-3-4-6-16(14)13-21(2)18(22)12-20-17-9-7-15(11-19)8-10-17/h3-10,20H,12-13H2,1-2H3. The second-order valence-electron chi connectivity index (χ2n) is 5.22. The van der Waals surface area contributed by atoms with Crippen molar-refractivity contribution in [2.45, 2.75) is 13.5 Å². The predicted molar refractivity (Wildman–Crippen MR) is 87.3 cm³/mol. The Morgan fingerprint density at radius 1 is 1.18 bits per heavy atom. The first-order valence-electron chi connectivity index (χ1n) is 7.12. The fraction of sp³-hybridized carbons (Fsp3) is 0.222. The van der Waals surface area contributed by atoms with Crippen LogP contribution in [0.2, 0.25) is 0 Å². The van der Waals surface area contributed by atoms with E-state index < -0.39 is 0 Å². The molecule has 0 fully saturated rings. The molecule has 0 heterocycles. The Kier molecular flexibility index (Phi) is 5.16. The Morgan fingerprint density at radius 3 is 2.50 bits per heavy atom. The lowest BCUT2D eigenvalue weighted by atomic mass is 10.1. The largest absolute Gasteiger partial charge is 0.376 e. The molecule has 0 saturated heterocycles. The van der Waals surface area contributed by atoms with Crippen molar-refractivity contribution < 1.29 is 4.79 Å². The molecule has 0 aliphatic heterocycles. The smallest absolute Gasteiger partial charge is 0.241 e. The van der Waals surface area contributed by atoms with Crippen LogP contribution in [0.25, 0.3) is 0 Å². The molecule has 0 radical (unpaired) electrons. The fourth-order valence-electron chi connectivity index (χ4n) is 2.11. The minimum Gasteiger partial charge on any atom is -0.376 e. The number of rotatable bonds is 5. The number of benzene rings is 2. The summed E-state index contributed by atoms with van der Waals surface area (Å²) in [6.07, 6.45) is 0. The summed E-state index contributed by atoms with van der Waals surface area (Å²) in [6.45, 7) is 2.87. The summed E-state index contributed by atoms with van der Waals surface area (Å²) in [6, 6.07) is 17.2. The van der Waals surface area contributed by atoms with E-state index in [0.29, 0.717) is 12.1 Å². The molecule has 0 aliphatic carbocycles. The maximum Gasteiger partial charge on any atom is 0.241 e. The number of carbonyl (C=O) groups excluding carboxylic acids is 1. The number of nitriles is 1. The van der Waals surface area contributed by atoms with Crippen LogP contribution in [-0.4, -0.2) is 24.4 Å². The van der Waals surface area contributed by atoms with Crippen molar-refractivity contribution in [2.75, 3.05) is 18.9 Å². The lowest BCUT2D eigenvalue weighted by Gasteiger charge is -2.19. The van der Waals surface area contributed by atoms with Gasteiger partial charge in [-0.05, 0) is 42.3 Å². The number of hydrogen-bond acceptors (Lipinski definition) is 3. The van der Waals surface area contributed by atoms with Crippen molar-refractivity contribution in [1.82, 2.24) is 4.90 Å². The Balaban J connectivity index is 1.88. The van der Waals surface area contributed by atoms with Crippen LogP contribution in [0.5, 0.6) is 0 Å². The molecule has 0 aliphatic rings. The molecule has 22 heavy (non-hydrogen) atoms. The van der Waals surface area contributed by atoms with Crippen molar-refractivity contribution in [2.24, 2.45) is 0 Å². The van der Waals surface area contributed by atoms with E-state index in [1.807, 2.05) is 31.2 Å². The van der Waals surface area contributed by atoms with Gasteiger partial charge in [0.2, 0.25) is 5.91 Å². The SMILES string of the molecule is Cc1ccccc1CN(C)C(=O)CNc1ccc(C#N)cc1. The highest BCUT2D eigenvalue weighted by Gasteiger charge is 2.10. The summed E-state index contributed by atoms with van der Waals surface area (Å²) < 4.78 is 0. The monoisotopic (exact) mass is 293 g/mol. The lowest BCUT2D eigenvalue weighted by molar-refractivity contribution is -0.128. The predicted octanol–water partition coefficient (Wildman–Crippen LogP) is 2.94. The van der Waals surface area contributed by atoms with E-state index in [0.717, 1.165) is 11.3 Å². The van der Waals surface area contributed by atoms with E-state index in [-0.39, 0.29) is 12.5 Å². The molecule has 0 bridgehead atoms. The second kappa shape index (κ2) is 7.28. The fourth-order valence-corrected chi connectivity index (χ4v) is 2.11. The van der Waals surface area contributed by atoms with Crippen LogP contribution in [0.1, 0.15) is 16.7 Å². The quantitative estimate of drug-likeness (QED) is 0.922. The topological polar surface area (TPSA) is 56.1 Å². The molecule has 2 aromatic carbocycles. The average molecular weight is 293 g/mol. The summed E-state index contributed by atoms with van der Waals surface area (Å²) in [5.74, 6) is 0.0209. The highest BCUT2D eigenvalue weighted by atomic mass is 16.2. The van der Waals surface area contributed by atoms with E-state index in [1.165, 1.54) is 5.56 Å². The first-order chi connectivity index (χ1) is 10.6. The van der Waals surface area contributed by atoms with Gasteiger partial charge in [-0.2, -0.15) is 5.26 Å². The summed E-state index contributed by atoms with van der Waals surface area (Å²) >= 11 is 0. The number of carbonyl (C=O) groups is 1. The van der Waals surface area contributed by atoms with Crippen molar-refractivity contribution in [1.29, 1.82) is 5.26 Å². The Labute approximate surface area is 131 Å². The van der Waals surface area contributed by atoms with Gasteiger partial charge in [-0.3, -0.25) is 4.79 Å². The van der Waals surface area contributed by atoms with Gasteiger partial charge < -0.3 is 10.2 Å². The molecule has 112 valence electrons. The number of nitrogens with one attached hydrogen (secondary N) is 1. The van der Waals surface area contributed by atoms with Gasteiger partial charge in [0.25, 0.3) is 0 Å². The van der Waals surface area contributed by atoms with E-state index in [1.54, 1.807) is 36.2 Å². The van der Waals surface area contributed by atoms with Gasteiger partial charge in [0.05, 0.1) is 18.2 Å². The number of hydrogen-bond donors (Lipinski definition) is 1. The number of aryl methyl sites for hydroxylation is 1. The van der Waals surface area contributed by atoms with Crippen molar-refractivity contribution in [3.05, 3.63) is 65.2 Å². The molecular formula is C18H19N3O. The maximum absolute atomic E-state index is 12.2. The van der Waals surface area contributed by atoms with Gasteiger partial charge in [0.1, 0.15) is 0 Å². The minimum atomic E-state index is 0.0209. The van der Waals surface area contributed by atoms with Crippen LogP contribution in [0.15, 0.2) is 48.5 Å². The summed E-state index contributed by atoms with van der Waals surface area (Å²) in [7, 11) is 1.80. The van der Waals surface area contributed by atoms with Gasteiger partial charge in [0.15, 0.2) is 0 Å². The first-order valence-corrected chi connectivity index (χ1v) is 7.12. The highest BCUT2D eigenvalue weighted by Crippen LogP contribution is 2.11. The van der Waals surface area contributed by atoms with Crippen molar-refractivity contribution in [3.8, 4) is 6.07 Å². The van der Waals surface area contributed by atoms with Crippen LogP contribution >= 0.6 is 0 Å². The first kappa shape index (κ1) is 15.6. The van der Waals surface area contributed by atoms with E-state index in [2.05, 4.69) is 11.4 Å². The van der Waals surface area contributed by atoms with Crippen LogP contribution in [0, 0.1) is 18.3 Å². The molecule has 1 amide bonds. The summed E-state index contributed by atoms with van der Waals surface area (Å²) in [4.78, 5) is 13.9. The molecule has 4 heteroatoms. The van der Waals surface area contributed by atoms with Gasteiger partial charge in [-0.1, -0.05) is 24.3 Å². The summed E-state index contributed by atoms with van der Waals surface area (Å²) in [5, 5.41) is 11.8. The zero-order chi connectivity index (χ0) is 15.9. The molecule has 4 nitrogen and oxygen atoms in total. The molecule has 1 N–H and O–H groups in total. The third-order valence-corrected chi connectivity index (χ3v) is 3.55. The van der Waals surface area contributed by atoms with Crippen molar-refractivity contribution >= 4 is 11.6 Å². The third-order valence-electron chi connectivity index (χ3n) is 3.55. The Bertz CT molecular complexity index is 686. The number of anilines is 1. The van der Waals surface area contributed by atoms with E-state index in [4.69, 9.17) is 5.26 Å². The second-order valence-corrected chi connectivity index (χ2v) is 5.22. The molecule has 2 aromatic rings. The number of likely N-dealkylation sites (N-methyl/N-ethyl adjacent to an activating group) is 1. The minimum absolute atomic E-state index is 0.0209. The molecular weight excluding hydrogens is 274 g/mol. The van der Waals surface area contributed by atoms with Gasteiger partial charge in [0, 0.05) is 19.3 Å². The molecule has 0 spiro atoms. The van der Waals surface area contributed by atoms with Crippen LogP contribution in [0.3, 0.4) is 0 Å². The molecule has 0 aromatic heterocycles. The zero-order valence-electron chi connectivity index (χ0n) is 12.8. The average Bonchev–Trinajstić information content (AvgIpc) is 2.55. The maximum atomic E-state index is 12.2. The molecule has 0 atom stereocenters. The third kappa shape index (κ3) is 4.10. The van der Waals surface area contributed by atoms with E-state index >= 15 is 0 Å². The number of amides is 1. The van der Waals surface area contributed by atoms with Gasteiger partial charge in [-0.25, -0.2) is 0 Å². The normalized spacial score (nSPS) is 9.86. The molecule has 0 saturated carbocycles. The van der Waals surface area contributed by atoms with Gasteiger partial charge in [-0.15, -0.1) is 0 Å². The van der Waals surface area contributed by atoms with Crippen LogP contribution in [0.4, 0.5) is 5.69 Å². The highest BCUT2D eigenvalue weighted by molar-refractivity contribution is 5.80. The lowest BCUT2D eigenvalue weighted by Crippen LogP contribution is -2.31. The Morgan fingerprint density at radius 2 is 1.86 bits per heavy atom. The zero-order valence-corrected chi connectivity index (χ0v) is 12.8. The van der Waals surface area contributed by atoms with Gasteiger partial charge >= 0.3 is 0 Å². The number of nitrogens with zero attached hydrogens (tertiary/aromatic N) is 2. The Hall–Kier alpha value is -2.80. The summed E-state index contributed by atoms with van der Waals surface area (Å²) in [5.41, 5.74) is 3.77. The molecule has 0 unspecified atom stereocenters. The van der Waals surface area contributed by atoms with E-state index in [9.17, 15) is 4.79 Å². The van der Waals surface area contributed by atoms with Crippen LogP contribution < -0.4 is 5.32 Å². The van der Waals surface area contributed by atoms with Crippen LogP contribution in [-0.2, 0) is 11.3 Å². The van der Waals surface area contributed by atoms with Crippen molar-refractivity contribution in [3.63, 3.8) is 0 Å².